The van der Waals surface area contributed by atoms with Gasteiger partial charge in [0.25, 0.3) is 0 Å². The quantitative estimate of drug-likeness (QED) is 0.757. The monoisotopic (exact) mass is 290 g/mol. The number of anilines is 1. The van der Waals surface area contributed by atoms with Gasteiger partial charge in [-0.3, -0.25) is 0 Å². The van der Waals surface area contributed by atoms with E-state index in [1.165, 1.54) is 5.56 Å². The van der Waals surface area contributed by atoms with Gasteiger partial charge >= 0.3 is 0 Å². The standard InChI is InChI=1S/C19H18N2O/c1-22-18-9-5-6-15(12-18)13-20-19-11-10-17(14-21-19)16-7-3-2-4-8-16/h2-12,14H,13H2,1H3,(H,20,21). The van der Waals surface area contributed by atoms with Gasteiger partial charge in [-0.15, -0.1) is 0 Å². The van der Waals surface area contributed by atoms with Crippen molar-refractivity contribution in [3.05, 3.63) is 78.5 Å². The zero-order valence-corrected chi connectivity index (χ0v) is 12.5. The number of aromatic nitrogens is 1. The van der Waals surface area contributed by atoms with Gasteiger partial charge in [0, 0.05) is 18.3 Å². The number of nitrogens with one attached hydrogen (secondary N) is 1. The summed E-state index contributed by atoms with van der Waals surface area (Å²) in [7, 11) is 1.68. The fourth-order valence-corrected chi connectivity index (χ4v) is 2.27. The van der Waals surface area contributed by atoms with Crippen LogP contribution in [-0.4, -0.2) is 12.1 Å². The minimum Gasteiger partial charge on any atom is -0.497 e. The van der Waals surface area contributed by atoms with Crippen molar-refractivity contribution in [1.29, 1.82) is 0 Å². The molecule has 0 atom stereocenters. The van der Waals surface area contributed by atoms with Crippen LogP contribution in [-0.2, 0) is 6.54 Å². The number of ether oxygens (including phenoxy) is 1. The van der Waals surface area contributed by atoms with Crippen molar-refractivity contribution >= 4 is 5.82 Å². The maximum atomic E-state index is 5.23. The number of hydrogen-bond donors (Lipinski definition) is 1. The van der Waals surface area contributed by atoms with Crippen LogP contribution in [0.2, 0.25) is 0 Å². The van der Waals surface area contributed by atoms with E-state index >= 15 is 0 Å². The van der Waals surface area contributed by atoms with Gasteiger partial charge in [0.05, 0.1) is 7.11 Å². The van der Waals surface area contributed by atoms with Crippen LogP contribution in [0, 0.1) is 0 Å². The van der Waals surface area contributed by atoms with E-state index in [1.54, 1.807) is 7.11 Å². The lowest BCUT2D eigenvalue weighted by Crippen LogP contribution is -2.01. The molecule has 0 aliphatic heterocycles. The number of pyridine rings is 1. The van der Waals surface area contributed by atoms with Crippen molar-refractivity contribution in [3.8, 4) is 16.9 Å². The Bertz CT molecular complexity index is 724. The van der Waals surface area contributed by atoms with E-state index in [9.17, 15) is 0 Å². The zero-order valence-electron chi connectivity index (χ0n) is 12.5. The smallest absolute Gasteiger partial charge is 0.126 e. The van der Waals surface area contributed by atoms with Crippen LogP contribution in [0.5, 0.6) is 5.75 Å². The average Bonchev–Trinajstić information content (AvgIpc) is 2.61. The SMILES string of the molecule is COc1cccc(CNc2ccc(-c3ccccc3)cn2)c1. The van der Waals surface area contributed by atoms with Crippen molar-refractivity contribution in [3.63, 3.8) is 0 Å². The van der Waals surface area contributed by atoms with E-state index in [0.29, 0.717) is 0 Å². The maximum Gasteiger partial charge on any atom is 0.126 e. The highest BCUT2D eigenvalue weighted by Crippen LogP contribution is 2.19. The van der Waals surface area contributed by atoms with Crippen LogP contribution in [0.4, 0.5) is 5.82 Å². The average molecular weight is 290 g/mol. The first kappa shape index (κ1) is 14.1. The Morgan fingerprint density at radius 3 is 2.50 bits per heavy atom. The second-order valence-electron chi connectivity index (χ2n) is 5.00. The molecule has 3 rings (SSSR count). The van der Waals surface area contributed by atoms with E-state index in [0.717, 1.165) is 29.2 Å². The summed E-state index contributed by atoms with van der Waals surface area (Å²) in [6, 6.07) is 22.3. The molecule has 0 saturated carbocycles. The van der Waals surface area contributed by atoms with Crippen LogP contribution in [0.1, 0.15) is 5.56 Å². The highest BCUT2D eigenvalue weighted by atomic mass is 16.5. The summed E-state index contributed by atoms with van der Waals surface area (Å²) in [5.41, 5.74) is 3.45. The molecule has 3 aromatic rings. The predicted octanol–water partition coefficient (Wildman–Crippen LogP) is 4.37. The first-order chi connectivity index (χ1) is 10.8. The van der Waals surface area contributed by atoms with Crippen molar-refractivity contribution < 1.29 is 4.74 Å². The third kappa shape index (κ3) is 3.44. The van der Waals surface area contributed by atoms with Gasteiger partial charge in [0.15, 0.2) is 0 Å². The Kier molecular flexibility index (Phi) is 4.35. The summed E-state index contributed by atoms with van der Waals surface area (Å²) in [5.74, 6) is 1.73. The molecular weight excluding hydrogens is 272 g/mol. The lowest BCUT2D eigenvalue weighted by molar-refractivity contribution is 0.414. The van der Waals surface area contributed by atoms with Crippen LogP contribution in [0.15, 0.2) is 72.9 Å². The molecule has 3 nitrogen and oxygen atoms in total. The van der Waals surface area contributed by atoms with Crippen LogP contribution < -0.4 is 10.1 Å². The number of benzene rings is 2. The summed E-state index contributed by atoms with van der Waals surface area (Å²) in [4.78, 5) is 4.47. The van der Waals surface area contributed by atoms with Crippen LogP contribution >= 0.6 is 0 Å². The van der Waals surface area contributed by atoms with Gasteiger partial charge in [-0.1, -0.05) is 42.5 Å². The molecule has 0 bridgehead atoms. The van der Waals surface area contributed by atoms with Gasteiger partial charge in [0.2, 0.25) is 0 Å². The Labute approximate surface area is 130 Å². The van der Waals surface area contributed by atoms with Crippen molar-refractivity contribution in [2.24, 2.45) is 0 Å². The molecule has 1 heterocycles. The van der Waals surface area contributed by atoms with Gasteiger partial charge in [-0.25, -0.2) is 4.98 Å². The van der Waals surface area contributed by atoms with Crippen LogP contribution in [0.25, 0.3) is 11.1 Å². The topological polar surface area (TPSA) is 34.1 Å². The van der Waals surface area contributed by atoms with Crippen molar-refractivity contribution in [2.45, 2.75) is 6.54 Å². The molecule has 0 unspecified atom stereocenters. The zero-order chi connectivity index (χ0) is 15.2. The Morgan fingerprint density at radius 1 is 0.909 bits per heavy atom. The Morgan fingerprint density at radius 2 is 1.77 bits per heavy atom. The lowest BCUT2D eigenvalue weighted by atomic mass is 10.1. The summed E-state index contributed by atoms with van der Waals surface area (Å²) in [6.07, 6.45) is 1.89. The van der Waals surface area contributed by atoms with E-state index in [-0.39, 0.29) is 0 Å². The highest BCUT2D eigenvalue weighted by molar-refractivity contribution is 5.63. The normalized spacial score (nSPS) is 10.2. The minimum atomic E-state index is 0.717. The largest absolute Gasteiger partial charge is 0.497 e. The predicted molar refractivity (Wildman–Crippen MR) is 90.0 cm³/mol. The van der Waals surface area contributed by atoms with Gasteiger partial charge in [-0.05, 0) is 35.4 Å². The number of hydrogen-bond acceptors (Lipinski definition) is 3. The van der Waals surface area contributed by atoms with Crippen LogP contribution in [0.3, 0.4) is 0 Å². The molecule has 1 aromatic heterocycles. The molecule has 0 saturated heterocycles. The van der Waals surface area contributed by atoms with Crippen molar-refractivity contribution in [2.75, 3.05) is 12.4 Å². The molecule has 3 heteroatoms. The molecule has 0 aliphatic carbocycles. The first-order valence-electron chi connectivity index (χ1n) is 7.23. The Hall–Kier alpha value is -2.81. The molecule has 0 aliphatic rings. The summed E-state index contributed by atoms with van der Waals surface area (Å²) in [5, 5.41) is 3.32. The third-order valence-electron chi connectivity index (χ3n) is 3.48. The number of nitrogens with zero attached hydrogens (tertiary/aromatic N) is 1. The van der Waals surface area contributed by atoms with Crippen molar-refractivity contribution in [1.82, 2.24) is 4.98 Å². The second kappa shape index (κ2) is 6.76. The number of rotatable bonds is 5. The van der Waals surface area contributed by atoms with E-state index in [2.05, 4.69) is 34.6 Å². The second-order valence-corrected chi connectivity index (χ2v) is 5.00. The first-order valence-corrected chi connectivity index (χ1v) is 7.23. The summed E-state index contributed by atoms with van der Waals surface area (Å²) in [6.45, 7) is 0.717. The molecule has 22 heavy (non-hydrogen) atoms. The maximum absolute atomic E-state index is 5.23. The van der Waals surface area contributed by atoms with Gasteiger partial charge in [0.1, 0.15) is 11.6 Å². The molecule has 0 spiro atoms. The molecule has 0 amide bonds. The van der Waals surface area contributed by atoms with Gasteiger partial charge < -0.3 is 10.1 Å². The molecule has 2 aromatic carbocycles. The molecule has 1 N–H and O–H groups in total. The van der Waals surface area contributed by atoms with E-state index in [4.69, 9.17) is 4.74 Å². The lowest BCUT2D eigenvalue weighted by Gasteiger charge is -2.08. The highest BCUT2D eigenvalue weighted by Gasteiger charge is 2.00. The third-order valence-corrected chi connectivity index (χ3v) is 3.48. The molecule has 0 radical (unpaired) electrons. The number of methoxy groups -OCH3 is 1. The molecule has 110 valence electrons. The summed E-state index contributed by atoms with van der Waals surface area (Å²) < 4.78 is 5.23. The van der Waals surface area contributed by atoms with Gasteiger partial charge in [-0.2, -0.15) is 0 Å². The fourth-order valence-electron chi connectivity index (χ4n) is 2.27. The molecular formula is C19H18N2O. The fraction of sp³-hybridized carbons (Fsp3) is 0.105. The summed E-state index contributed by atoms with van der Waals surface area (Å²) >= 11 is 0. The minimum absolute atomic E-state index is 0.717. The van der Waals surface area contributed by atoms with E-state index in [1.807, 2.05) is 48.7 Å². The molecule has 0 fully saturated rings. The Balaban J connectivity index is 1.66. The van der Waals surface area contributed by atoms with E-state index < -0.39 is 0 Å².